The Kier molecular flexibility index (Phi) is 2.68. The van der Waals surface area contributed by atoms with Crippen molar-refractivity contribution < 1.29 is 9.76 Å². The largest absolute Gasteiger partial charge is 0.420 e. The molecule has 2 bridgehead atoms. The van der Waals surface area contributed by atoms with Gasteiger partial charge in [0.1, 0.15) is 0 Å². The minimum atomic E-state index is -0.306. The zero-order chi connectivity index (χ0) is 10.6. The van der Waals surface area contributed by atoms with Crippen LogP contribution in [0.25, 0.3) is 0 Å². The lowest BCUT2D eigenvalue weighted by atomic mass is 9.43. The van der Waals surface area contributed by atoms with Crippen molar-refractivity contribution in [3.63, 3.8) is 0 Å². The van der Waals surface area contributed by atoms with E-state index in [1.54, 1.807) is 0 Å². The van der Waals surface area contributed by atoms with Crippen LogP contribution in [0.15, 0.2) is 0 Å². The maximum Gasteiger partial charge on any atom is 0.347 e. The van der Waals surface area contributed by atoms with Crippen molar-refractivity contribution in [2.24, 2.45) is 17.3 Å². The summed E-state index contributed by atoms with van der Waals surface area (Å²) in [5.41, 5.74) is 0.0548. The van der Waals surface area contributed by atoms with E-state index < -0.39 is 0 Å². The SMILES string of the molecule is CC1(C)[C@@H]2C[C@@H](O)[C@@](C)(OBI)[C@H]1C2. The Balaban J connectivity index is 2.22. The first-order valence-corrected chi connectivity index (χ1v) is 6.83. The van der Waals surface area contributed by atoms with Crippen LogP contribution in [0.3, 0.4) is 0 Å². The Hall–Kier alpha value is 0.715. The Bertz CT molecular complexity index is 246. The summed E-state index contributed by atoms with van der Waals surface area (Å²) in [5.74, 6) is 1.23. The van der Waals surface area contributed by atoms with Crippen molar-refractivity contribution >= 4 is 27.7 Å². The molecule has 0 aromatic rings. The molecule has 3 rings (SSSR count). The summed E-state index contributed by atoms with van der Waals surface area (Å²) in [4.78, 5) is 0. The lowest BCUT2D eigenvalue weighted by Crippen LogP contribution is -2.67. The first-order chi connectivity index (χ1) is 6.43. The molecular weight excluding hydrogens is 290 g/mol. The molecule has 0 saturated heterocycles. The van der Waals surface area contributed by atoms with E-state index in [-0.39, 0.29) is 11.7 Å². The number of fused-ring (bicyclic) bond motifs is 2. The molecule has 4 heteroatoms. The monoisotopic (exact) mass is 308 g/mol. The van der Waals surface area contributed by atoms with Crippen molar-refractivity contribution in [1.29, 1.82) is 0 Å². The molecule has 1 N–H and O–H groups in total. The van der Waals surface area contributed by atoms with Crippen LogP contribution in [-0.2, 0) is 4.65 Å². The molecule has 0 heterocycles. The summed E-state index contributed by atoms with van der Waals surface area (Å²) in [6.45, 7) is 6.71. The second-order valence-electron chi connectivity index (χ2n) is 5.50. The highest BCUT2D eigenvalue weighted by Crippen LogP contribution is 2.63. The molecule has 80 valence electrons. The van der Waals surface area contributed by atoms with Gasteiger partial charge in [-0.05, 0) is 37.0 Å². The van der Waals surface area contributed by atoms with Gasteiger partial charge in [0.25, 0.3) is 0 Å². The van der Waals surface area contributed by atoms with Crippen LogP contribution in [0, 0.1) is 17.3 Å². The number of aliphatic hydroxyl groups excluding tert-OH is 1. The van der Waals surface area contributed by atoms with Crippen LogP contribution >= 0.6 is 22.4 Å². The molecule has 0 aromatic carbocycles. The highest BCUT2D eigenvalue weighted by atomic mass is 127. The average Bonchev–Trinajstić information content (AvgIpc) is 2.09. The Labute approximate surface area is 99.9 Å². The molecule has 3 aliphatic rings. The Morgan fingerprint density at radius 1 is 1.36 bits per heavy atom. The molecule has 0 radical (unpaired) electrons. The molecule has 3 fully saturated rings. The predicted octanol–water partition coefficient (Wildman–Crippen LogP) is 1.89. The molecule has 14 heavy (non-hydrogen) atoms. The maximum atomic E-state index is 10.1. The second kappa shape index (κ2) is 3.35. The van der Waals surface area contributed by atoms with E-state index in [0.29, 0.717) is 22.6 Å². The normalized spacial score (nSPS) is 49.6. The molecule has 0 unspecified atom stereocenters. The summed E-state index contributed by atoms with van der Waals surface area (Å²) < 4.78 is 5.81. The van der Waals surface area contributed by atoms with E-state index in [0.717, 1.165) is 6.42 Å². The van der Waals surface area contributed by atoms with E-state index >= 15 is 0 Å². The van der Waals surface area contributed by atoms with Crippen LogP contribution in [0.1, 0.15) is 33.6 Å². The van der Waals surface area contributed by atoms with Gasteiger partial charge in [0.05, 0.1) is 11.7 Å². The summed E-state index contributed by atoms with van der Waals surface area (Å²) in [5, 5.41) is 10.7. The number of hydrogen-bond donors (Lipinski definition) is 1. The van der Waals surface area contributed by atoms with E-state index in [9.17, 15) is 5.11 Å². The van der Waals surface area contributed by atoms with Crippen molar-refractivity contribution in [2.45, 2.75) is 45.3 Å². The maximum absolute atomic E-state index is 10.1. The van der Waals surface area contributed by atoms with E-state index in [2.05, 4.69) is 43.1 Å². The van der Waals surface area contributed by atoms with Gasteiger partial charge in [-0.2, -0.15) is 0 Å². The first-order valence-electron chi connectivity index (χ1n) is 5.31. The molecule has 0 spiro atoms. The molecule has 4 atom stereocenters. The fraction of sp³-hybridized carbons (Fsp3) is 1.00. The van der Waals surface area contributed by atoms with Crippen molar-refractivity contribution in [3.05, 3.63) is 0 Å². The molecule has 0 aliphatic heterocycles. The van der Waals surface area contributed by atoms with E-state index in [1.165, 1.54) is 6.42 Å². The first kappa shape index (κ1) is 11.2. The lowest BCUT2D eigenvalue weighted by molar-refractivity contribution is -0.233. The lowest BCUT2D eigenvalue weighted by Gasteiger charge is -2.65. The summed E-state index contributed by atoms with van der Waals surface area (Å²) in [6, 6.07) is 0. The number of aliphatic hydroxyl groups is 1. The zero-order valence-electron chi connectivity index (χ0n) is 9.09. The van der Waals surface area contributed by atoms with Crippen LogP contribution in [0.5, 0.6) is 0 Å². The van der Waals surface area contributed by atoms with Gasteiger partial charge in [-0.15, -0.1) is 22.4 Å². The minimum absolute atomic E-state index is 0.269. The van der Waals surface area contributed by atoms with Gasteiger partial charge in [0, 0.05) is 0 Å². The topological polar surface area (TPSA) is 29.5 Å². The van der Waals surface area contributed by atoms with E-state index in [1.807, 2.05) is 0 Å². The highest BCUT2D eigenvalue weighted by molar-refractivity contribution is 14.1. The fourth-order valence-electron chi connectivity index (χ4n) is 3.44. The second-order valence-corrected chi connectivity index (χ2v) is 6.12. The molecule has 0 amide bonds. The number of rotatable bonds is 2. The summed E-state index contributed by atoms with van der Waals surface area (Å²) in [7, 11) is 0. The van der Waals surface area contributed by atoms with Crippen LogP contribution < -0.4 is 0 Å². The highest BCUT2D eigenvalue weighted by Gasteiger charge is 2.63. The third-order valence-corrected chi connectivity index (χ3v) is 5.01. The van der Waals surface area contributed by atoms with Crippen LogP contribution in [-0.4, -0.2) is 22.2 Å². The third-order valence-electron chi connectivity index (χ3n) is 4.70. The summed E-state index contributed by atoms with van der Waals surface area (Å²) in [6.07, 6.45) is 1.88. The number of hydrogen-bond acceptors (Lipinski definition) is 2. The van der Waals surface area contributed by atoms with Gasteiger partial charge >= 0.3 is 5.34 Å². The van der Waals surface area contributed by atoms with Crippen molar-refractivity contribution in [2.75, 3.05) is 0 Å². The van der Waals surface area contributed by atoms with Gasteiger partial charge in [-0.25, -0.2) is 0 Å². The quantitative estimate of drug-likeness (QED) is 0.623. The van der Waals surface area contributed by atoms with Gasteiger partial charge in [0.2, 0.25) is 0 Å². The summed E-state index contributed by atoms with van der Waals surface area (Å²) >= 11 is 2.22. The molecular formula is C10H18BIO2. The van der Waals surface area contributed by atoms with Crippen LogP contribution in [0.2, 0.25) is 0 Å². The van der Waals surface area contributed by atoms with Gasteiger partial charge in [-0.1, -0.05) is 13.8 Å². The molecule has 3 saturated carbocycles. The predicted molar refractivity (Wildman–Crippen MR) is 66.7 cm³/mol. The molecule has 2 nitrogen and oxygen atoms in total. The van der Waals surface area contributed by atoms with E-state index in [4.69, 9.17) is 4.65 Å². The molecule has 0 aromatic heterocycles. The van der Waals surface area contributed by atoms with Gasteiger partial charge < -0.3 is 9.76 Å². The third kappa shape index (κ3) is 1.29. The van der Waals surface area contributed by atoms with Crippen molar-refractivity contribution in [3.8, 4) is 0 Å². The Morgan fingerprint density at radius 2 is 2.00 bits per heavy atom. The van der Waals surface area contributed by atoms with Gasteiger partial charge in [-0.3, -0.25) is 0 Å². The Morgan fingerprint density at radius 3 is 2.50 bits per heavy atom. The van der Waals surface area contributed by atoms with Crippen LogP contribution in [0.4, 0.5) is 0 Å². The number of halogens is 1. The van der Waals surface area contributed by atoms with Crippen molar-refractivity contribution in [1.82, 2.24) is 0 Å². The standard InChI is InChI=1S/C10H18BIO2/c1-9(2)6-4-7(9)10(3,14-11-12)8(13)5-6/h6-8,11,13H,4-5H2,1-3H3/t6-,7-,8+,10-/m0/s1. The molecule has 3 aliphatic carbocycles. The minimum Gasteiger partial charge on any atom is -0.420 e. The average molecular weight is 308 g/mol. The fourth-order valence-corrected chi connectivity index (χ4v) is 4.11. The zero-order valence-corrected chi connectivity index (χ0v) is 11.2. The van der Waals surface area contributed by atoms with Gasteiger partial charge in [0.15, 0.2) is 0 Å². The smallest absolute Gasteiger partial charge is 0.347 e.